The average Bonchev–Trinajstić information content (AvgIpc) is 2.49. The molecule has 1 rings (SSSR count). The fourth-order valence-corrected chi connectivity index (χ4v) is 2.21. The Balaban J connectivity index is 2.39. The molecule has 21 heavy (non-hydrogen) atoms. The second kappa shape index (κ2) is 9.77. The summed E-state index contributed by atoms with van der Waals surface area (Å²) < 4.78 is 0. The zero-order valence-corrected chi connectivity index (χ0v) is 12.7. The van der Waals surface area contributed by atoms with E-state index in [-0.39, 0.29) is 0 Å². The monoisotopic (exact) mass is 284 g/mol. The van der Waals surface area contributed by atoms with Crippen molar-refractivity contribution in [3.05, 3.63) is 29.3 Å². The number of carbonyl (C=O) groups is 1. The largest absolute Gasteiger partial charge is 0.384 e. The van der Waals surface area contributed by atoms with Gasteiger partial charge in [-0.1, -0.05) is 31.4 Å². The molecule has 112 valence electrons. The molecule has 0 bridgehead atoms. The van der Waals surface area contributed by atoms with E-state index in [1.54, 1.807) is 13.0 Å². The van der Waals surface area contributed by atoms with E-state index in [9.17, 15) is 4.79 Å². The zero-order chi connectivity index (χ0) is 15.5. The molecular weight excluding hydrogens is 260 g/mol. The lowest BCUT2D eigenvalue weighted by Gasteiger charge is -2.12. The van der Waals surface area contributed by atoms with Gasteiger partial charge < -0.3 is 10.7 Å². The highest BCUT2D eigenvalue weighted by Crippen LogP contribution is 2.18. The van der Waals surface area contributed by atoms with Crippen molar-refractivity contribution in [1.82, 2.24) is 0 Å². The summed E-state index contributed by atoms with van der Waals surface area (Å²) in [6, 6.07) is 5.39. The lowest BCUT2D eigenvalue weighted by atomic mass is 10.1. The molecule has 1 aromatic rings. The highest BCUT2D eigenvalue weighted by atomic mass is 16.1. The first-order chi connectivity index (χ1) is 10.2. The lowest BCUT2D eigenvalue weighted by molar-refractivity contribution is 0.112. The predicted octanol–water partition coefficient (Wildman–Crippen LogP) is 4.27. The zero-order valence-electron chi connectivity index (χ0n) is 12.7. The van der Waals surface area contributed by atoms with Crippen LogP contribution in [-0.2, 0) is 0 Å². The molecule has 0 atom stereocenters. The Kier molecular flexibility index (Phi) is 7.89. The third-order valence-electron chi connectivity index (χ3n) is 3.40. The second-order valence-electron chi connectivity index (χ2n) is 5.20. The van der Waals surface area contributed by atoms with Gasteiger partial charge in [0.2, 0.25) is 0 Å². The molecular formula is C18H24N2O. The number of anilines is 1. The van der Waals surface area contributed by atoms with Gasteiger partial charge in [-0.25, -0.2) is 0 Å². The van der Waals surface area contributed by atoms with E-state index in [1.807, 2.05) is 12.1 Å². The van der Waals surface area contributed by atoms with E-state index in [4.69, 9.17) is 11.8 Å². The predicted molar refractivity (Wildman–Crippen MR) is 89.4 cm³/mol. The molecule has 0 aromatic heterocycles. The van der Waals surface area contributed by atoms with Gasteiger partial charge in [0.1, 0.15) is 6.29 Å². The highest BCUT2D eigenvalue weighted by molar-refractivity contribution is 6.02. The average molecular weight is 284 g/mol. The maximum absolute atomic E-state index is 10.8. The van der Waals surface area contributed by atoms with Crippen LogP contribution in [0.5, 0.6) is 0 Å². The number of rotatable bonds is 10. The van der Waals surface area contributed by atoms with Crippen LogP contribution in [0.2, 0.25) is 0 Å². The Morgan fingerprint density at radius 3 is 2.67 bits per heavy atom. The molecule has 3 heteroatoms. The standard InChI is InChI=1S/C18H24N2O/c1-3-4-5-6-7-8-9-12-20-18-13-16(14-21)10-11-17(18)15(2)19/h1,10-11,13-14,19-20H,4-9,12H2,2H3. The molecule has 2 N–H and O–H groups in total. The number of carbonyl (C=O) groups excluding carboxylic acids is 1. The Morgan fingerprint density at radius 2 is 2.00 bits per heavy atom. The fourth-order valence-electron chi connectivity index (χ4n) is 2.21. The minimum atomic E-state index is 0.504. The van der Waals surface area contributed by atoms with Crippen LogP contribution in [0.1, 0.15) is 61.4 Å². The van der Waals surface area contributed by atoms with Gasteiger partial charge in [0.15, 0.2) is 0 Å². The normalized spacial score (nSPS) is 9.90. The molecule has 1 aromatic carbocycles. The van der Waals surface area contributed by atoms with Crippen molar-refractivity contribution in [3.63, 3.8) is 0 Å². The van der Waals surface area contributed by atoms with Crippen LogP contribution >= 0.6 is 0 Å². The number of nitrogens with one attached hydrogen (secondary N) is 2. The Bertz CT molecular complexity index is 514. The van der Waals surface area contributed by atoms with Gasteiger partial charge in [0, 0.05) is 35.5 Å². The van der Waals surface area contributed by atoms with E-state index < -0.39 is 0 Å². The molecule has 0 heterocycles. The number of unbranched alkanes of at least 4 members (excludes halogenated alkanes) is 5. The van der Waals surface area contributed by atoms with Crippen molar-refractivity contribution in [2.24, 2.45) is 0 Å². The van der Waals surface area contributed by atoms with E-state index in [1.165, 1.54) is 19.3 Å². The topological polar surface area (TPSA) is 53.0 Å². The molecule has 0 aliphatic carbocycles. The third-order valence-corrected chi connectivity index (χ3v) is 3.40. The van der Waals surface area contributed by atoms with Gasteiger partial charge in [-0.3, -0.25) is 4.79 Å². The highest BCUT2D eigenvalue weighted by Gasteiger charge is 2.05. The molecule has 0 spiro atoms. The van der Waals surface area contributed by atoms with E-state index in [0.29, 0.717) is 11.3 Å². The summed E-state index contributed by atoms with van der Waals surface area (Å²) in [6.45, 7) is 2.62. The number of terminal acetylenes is 1. The van der Waals surface area contributed by atoms with Crippen molar-refractivity contribution in [2.45, 2.75) is 45.4 Å². The minimum absolute atomic E-state index is 0.504. The molecule has 0 amide bonds. The summed E-state index contributed by atoms with van der Waals surface area (Å²) in [4.78, 5) is 10.8. The SMILES string of the molecule is C#CCCCCCCCNc1cc(C=O)ccc1C(C)=N. The molecule has 0 unspecified atom stereocenters. The van der Waals surface area contributed by atoms with E-state index in [0.717, 1.165) is 43.3 Å². The lowest BCUT2D eigenvalue weighted by Crippen LogP contribution is -2.07. The summed E-state index contributed by atoms with van der Waals surface area (Å²) in [6.07, 6.45) is 12.7. The summed E-state index contributed by atoms with van der Waals surface area (Å²) >= 11 is 0. The van der Waals surface area contributed by atoms with E-state index >= 15 is 0 Å². The molecule has 0 saturated carbocycles. The maximum atomic E-state index is 10.8. The van der Waals surface area contributed by atoms with Crippen molar-refractivity contribution in [3.8, 4) is 12.3 Å². The Labute approximate surface area is 127 Å². The quantitative estimate of drug-likeness (QED) is 0.292. The molecule has 0 fully saturated rings. The molecule has 0 aliphatic heterocycles. The van der Waals surface area contributed by atoms with Crippen molar-refractivity contribution in [2.75, 3.05) is 11.9 Å². The fraction of sp³-hybridized carbons (Fsp3) is 0.444. The number of hydrogen-bond acceptors (Lipinski definition) is 3. The van der Waals surface area contributed by atoms with Crippen LogP contribution in [0.25, 0.3) is 0 Å². The first-order valence-corrected chi connectivity index (χ1v) is 7.51. The second-order valence-corrected chi connectivity index (χ2v) is 5.20. The van der Waals surface area contributed by atoms with Gasteiger partial charge in [-0.15, -0.1) is 12.3 Å². The van der Waals surface area contributed by atoms with E-state index in [2.05, 4.69) is 11.2 Å². The summed E-state index contributed by atoms with van der Waals surface area (Å²) in [5.74, 6) is 2.66. The van der Waals surface area contributed by atoms with Gasteiger partial charge in [-0.05, 0) is 25.8 Å². The van der Waals surface area contributed by atoms with Crippen LogP contribution in [0.4, 0.5) is 5.69 Å². The number of benzene rings is 1. The summed E-state index contributed by atoms with van der Waals surface area (Å²) in [5, 5.41) is 11.1. The first kappa shape index (κ1) is 17.0. The molecule has 3 nitrogen and oxygen atoms in total. The Hall–Kier alpha value is -2.08. The van der Waals surface area contributed by atoms with Crippen molar-refractivity contribution >= 4 is 17.7 Å². The van der Waals surface area contributed by atoms with Crippen LogP contribution in [0.15, 0.2) is 18.2 Å². The van der Waals surface area contributed by atoms with Crippen LogP contribution in [0.3, 0.4) is 0 Å². The van der Waals surface area contributed by atoms with Crippen LogP contribution < -0.4 is 5.32 Å². The first-order valence-electron chi connectivity index (χ1n) is 7.51. The van der Waals surface area contributed by atoms with Crippen LogP contribution in [-0.4, -0.2) is 18.5 Å². The molecule has 0 aliphatic rings. The molecule has 0 saturated heterocycles. The van der Waals surface area contributed by atoms with Crippen LogP contribution in [0, 0.1) is 17.8 Å². The van der Waals surface area contributed by atoms with Gasteiger partial charge >= 0.3 is 0 Å². The van der Waals surface area contributed by atoms with Gasteiger partial charge in [0.25, 0.3) is 0 Å². The third kappa shape index (κ3) is 6.27. The van der Waals surface area contributed by atoms with Gasteiger partial charge in [-0.2, -0.15) is 0 Å². The van der Waals surface area contributed by atoms with Gasteiger partial charge in [0.05, 0.1) is 0 Å². The summed E-state index contributed by atoms with van der Waals surface area (Å²) in [5.41, 5.74) is 2.87. The smallest absolute Gasteiger partial charge is 0.150 e. The van der Waals surface area contributed by atoms with Crippen molar-refractivity contribution < 1.29 is 4.79 Å². The minimum Gasteiger partial charge on any atom is -0.384 e. The molecule has 0 radical (unpaired) electrons. The number of hydrogen-bond donors (Lipinski definition) is 2. The van der Waals surface area contributed by atoms with Crippen molar-refractivity contribution in [1.29, 1.82) is 5.41 Å². The Morgan fingerprint density at radius 1 is 1.29 bits per heavy atom. The maximum Gasteiger partial charge on any atom is 0.150 e. The number of aldehydes is 1. The summed E-state index contributed by atoms with van der Waals surface area (Å²) in [7, 11) is 0.